The predicted octanol–water partition coefficient (Wildman–Crippen LogP) is 1.97. The molecule has 0 fully saturated rings. The van der Waals surface area contributed by atoms with Gasteiger partial charge in [0.15, 0.2) is 0 Å². The summed E-state index contributed by atoms with van der Waals surface area (Å²) >= 11 is 0. The Morgan fingerprint density at radius 2 is 2.20 bits per heavy atom. The van der Waals surface area contributed by atoms with E-state index in [-0.39, 0.29) is 5.75 Å². The molecule has 0 saturated heterocycles. The number of aliphatic carboxylic acids is 1. The first kappa shape index (κ1) is 9.33. The lowest BCUT2D eigenvalue weighted by molar-refractivity contribution is -0.131. The molecule has 0 spiro atoms. The van der Waals surface area contributed by atoms with E-state index in [1.165, 1.54) is 6.08 Å². The molecule has 2 rings (SSSR count). The largest absolute Gasteiger partial charge is 0.506 e. The van der Waals surface area contributed by atoms with Gasteiger partial charge in [0, 0.05) is 23.2 Å². The van der Waals surface area contributed by atoms with Crippen LogP contribution in [-0.2, 0) is 4.79 Å². The first-order valence-corrected chi connectivity index (χ1v) is 4.38. The highest BCUT2D eigenvalue weighted by molar-refractivity contribution is 5.95. The van der Waals surface area contributed by atoms with Crippen LogP contribution >= 0.6 is 0 Å². The fourth-order valence-electron chi connectivity index (χ4n) is 1.46. The molecule has 1 aromatic heterocycles. The maximum Gasteiger partial charge on any atom is 0.328 e. The van der Waals surface area contributed by atoms with E-state index < -0.39 is 5.97 Å². The smallest absolute Gasteiger partial charge is 0.328 e. The van der Waals surface area contributed by atoms with Crippen LogP contribution in [0.5, 0.6) is 5.75 Å². The number of carboxylic acids is 1. The normalized spacial score (nSPS) is 11.2. The number of aromatic nitrogens is 1. The molecule has 76 valence electrons. The fourth-order valence-corrected chi connectivity index (χ4v) is 1.46. The number of nitrogens with one attached hydrogen (secondary N) is 1. The summed E-state index contributed by atoms with van der Waals surface area (Å²) in [6.45, 7) is 0. The van der Waals surface area contributed by atoms with Crippen LogP contribution in [0.2, 0.25) is 0 Å². The summed E-state index contributed by atoms with van der Waals surface area (Å²) in [4.78, 5) is 13.2. The Labute approximate surface area is 85.5 Å². The first-order chi connectivity index (χ1) is 7.18. The third-order valence-electron chi connectivity index (χ3n) is 2.13. The number of benzene rings is 1. The number of phenols is 1. The molecule has 0 aliphatic rings. The standard InChI is InChI=1S/C11H9NO3/c13-9-3-1-2-8-7(4-5-10(14)15)6-12-11(8)9/h1-6,12-13H,(H,14,15). The number of fused-ring (bicyclic) bond motifs is 1. The molecule has 3 N–H and O–H groups in total. The third-order valence-corrected chi connectivity index (χ3v) is 2.13. The van der Waals surface area contributed by atoms with Crippen LogP contribution in [0.3, 0.4) is 0 Å². The molecule has 0 saturated carbocycles. The van der Waals surface area contributed by atoms with Crippen molar-refractivity contribution in [3.8, 4) is 5.75 Å². The SMILES string of the molecule is O=C(O)C=Cc1c[nH]c2c(O)cccc12. The lowest BCUT2D eigenvalue weighted by Gasteiger charge is -1.94. The molecule has 15 heavy (non-hydrogen) atoms. The quantitative estimate of drug-likeness (QED) is 0.653. The van der Waals surface area contributed by atoms with Crippen molar-refractivity contribution in [2.45, 2.75) is 0 Å². The van der Waals surface area contributed by atoms with Crippen LogP contribution < -0.4 is 0 Å². The number of aromatic hydroxyl groups is 1. The molecule has 0 aliphatic carbocycles. The minimum atomic E-state index is -0.996. The van der Waals surface area contributed by atoms with Crippen LogP contribution in [0.1, 0.15) is 5.56 Å². The number of phenolic OH excluding ortho intramolecular Hbond substituents is 1. The van der Waals surface area contributed by atoms with Gasteiger partial charge in [-0.15, -0.1) is 0 Å². The summed E-state index contributed by atoms with van der Waals surface area (Å²) in [6, 6.07) is 5.10. The van der Waals surface area contributed by atoms with E-state index >= 15 is 0 Å². The summed E-state index contributed by atoms with van der Waals surface area (Å²) in [7, 11) is 0. The molecule has 0 unspecified atom stereocenters. The number of para-hydroxylation sites is 1. The molecule has 2 aromatic rings. The van der Waals surface area contributed by atoms with Gasteiger partial charge in [0.1, 0.15) is 5.75 Å². The van der Waals surface area contributed by atoms with Gasteiger partial charge in [-0.2, -0.15) is 0 Å². The number of rotatable bonds is 2. The zero-order valence-electron chi connectivity index (χ0n) is 7.77. The number of carboxylic acid groups (broad SMARTS) is 1. The lowest BCUT2D eigenvalue weighted by Crippen LogP contribution is -1.84. The van der Waals surface area contributed by atoms with E-state index in [1.54, 1.807) is 18.3 Å². The van der Waals surface area contributed by atoms with E-state index in [0.717, 1.165) is 17.0 Å². The Morgan fingerprint density at radius 1 is 1.40 bits per heavy atom. The summed E-state index contributed by atoms with van der Waals surface area (Å²) < 4.78 is 0. The van der Waals surface area contributed by atoms with Crippen molar-refractivity contribution in [1.29, 1.82) is 0 Å². The van der Waals surface area contributed by atoms with Crippen LogP contribution in [0.25, 0.3) is 17.0 Å². The van der Waals surface area contributed by atoms with Crippen molar-refractivity contribution in [3.05, 3.63) is 36.0 Å². The molecule has 0 aliphatic heterocycles. The van der Waals surface area contributed by atoms with Crippen molar-refractivity contribution in [2.75, 3.05) is 0 Å². The molecular weight excluding hydrogens is 194 g/mol. The lowest BCUT2D eigenvalue weighted by atomic mass is 10.1. The summed E-state index contributed by atoms with van der Waals surface area (Å²) in [5.41, 5.74) is 1.35. The number of hydrogen-bond acceptors (Lipinski definition) is 2. The zero-order chi connectivity index (χ0) is 10.8. The third kappa shape index (κ3) is 1.69. The Kier molecular flexibility index (Phi) is 2.17. The summed E-state index contributed by atoms with van der Waals surface area (Å²) in [5.74, 6) is -0.841. The molecule has 0 atom stereocenters. The average molecular weight is 203 g/mol. The summed E-state index contributed by atoms with van der Waals surface area (Å²) in [6.07, 6.45) is 4.21. The van der Waals surface area contributed by atoms with Crippen LogP contribution in [0, 0.1) is 0 Å². The van der Waals surface area contributed by atoms with E-state index in [4.69, 9.17) is 5.11 Å². The number of carbonyl (C=O) groups is 1. The van der Waals surface area contributed by atoms with Gasteiger partial charge in [0.2, 0.25) is 0 Å². The Balaban J connectivity index is 2.54. The second kappa shape index (κ2) is 3.49. The monoisotopic (exact) mass is 203 g/mol. The highest BCUT2D eigenvalue weighted by Gasteiger charge is 2.04. The highest BCUT2D eigenvalue weighted by atomic mass is 16.4. The van der Waals surface area contributed by atoms with Crippen molar-refractivity contribution in [3.63, 3.8) is 0 Å². The first-order valence-electron chi connectivity index (χ1n) is 4.38. The molecule has 1 aromatic carbocycles. The maximum absolute atomic E-state index is 10.4. The number of H-pyrrole nitrogens is 1. The van der Waals surface area contributed by atoms with Gasteiger partial charge in [-0.05, 0) is 12.1 Å². The fraction of sp³-hybridized carbons (Fsp3) is 0. The Morgan fingerprint density at radius 3 is 2.93 bits per heavy atom. The van der Waals surface area contributed by atoms with Gasteiger partial charge in [-0.3, -0.25) is 0 Å². The highest BCUT2D eigenvalue weighted by Crippen LogP contribution is 2.26. The minimum Gasteiger partial charge on any atom is -0.506 e. The molecule has 0 bridgehead atoms. The second-order valence-corrected chi connectivity index (χ2v) is 3.12. The van der Waals surface area contributed by atoms with Crippen molar-refractivity contribution < 1.29 is 15.0 Å². The van der Waals surface area contributed by atoms with Crippen LogP contribution in [0.4, 0.5) is 0 Å². The maximum atomic E-state index is 10.4. The Bertz CT molecular complexity index is 540. The number of aromatic amines is 1. The molecule has 4 heteroatoms. The summed E-state index contributed by atoms with van der Waals surface area (Å²) in [5, 5.41) is 18.8. The Hall–Kier alpha value is -2.23. The van der Waals surface area contributed by atoms with Crippen LogP contribution in [0.15, 0.2) is 30.5 Å². The molecule has 0 radical (unpaired) electrons. The zero-order valence-corrected chi connectivity index (χ0v) is 7.77. The topological polar surface area (TPSA) is 73.3 Å². The van der Waals surface area contributed by atoms with E-state index in [0.29, 0.717) is 5.52 Å². The average Bonchev–Trinajstić information content (AvgIpc) is 2.59. The van der Waals surface area contributed by atoms with Gasteiger partial charge in [-0.1, -0.05) is 12.1 Å². The predicted molar refractivity (Wildman–Crippen MR) is 56.6 cm³/mol. The van der Waals surface area contributed by atoms with Crippen LogP contribution in [-0.4, -0.2) is 21.2 Å². The molecular formula is C11H9NO3. The minimum absolute atomic E-state index is 0.155. The van der Waals surface area contributed by atoms with Crippen molar-refractivity contribution in [2.24, 2.45) is 0 Å². The number of hydrogen-bond donors (Lipinski definition) is 3. The van der Waals surface area contributed by atoms with Gasteiger partial charge in [0.25, 0.3) is 0 Å². The van der Waals surface area contributed by atoms with E-state index in [1.807, 2.05) is 6.07 Å². The van der Waals surface area contributed by atoms with Crippen molar-refractivity contribution >= 4 is 22.9 Å². The molecule has 4 nitrogen and oxygen atoms in total. The van der Waals surface area contributed by atoms with E-state index in [2.05, 4.69) is 4.98 Å². The van der Waals surface area contributed by atoms with Gasteiger partial charge in [-0.25, -0.2) is 4.79 Å². The van der Waals surface area contributed by atoms with Crippen molar-refractivity contribution in [1.82, 2.24) is 4.98 Å². The molecule has 0 amide bonds. The van der Waals surface area contributed by atoms with Gasteiger partial charge < -0.3 is 15.2 Å². The molecule has 1 heterocycles. The van der Waals surface area contributed by atoms with Gasteiger partial charge in [0.05, 0.1) is 5.52 Å². The second-order valence-electron chi connectivity index (χ2n) is 3.12. The van der Waals surface area contributed by atoms with E-state index in [9.17, 15) is 9.90 Å². The van der Waals surface area contributed by atoms with Gasteiger partial charge >= 0.3 is 5.97 Å².